The van der Waals surface area contributed by atoms with Gasteiger partial charge in [-0.15, -0.1) is 0 Å². The molecular weight excluding hydrogens is 478 g/mol. The first kappa shape index (κ1) is 24.9. The van der Waals surface area contributed by atoms with Crippen molar-refractivity contribution in [2.45, 2.75) is 13.0 Å². The van der Waals surface area contributed by atoms with E-state index in [1.165, 1.54) is 6.20 Å². The zero-order valence-electron chi connectivity index (χ0n) is 19.4. The summed E-state index contributed by atoms with van der Waals surface area (Å²) in [6, 6.07) is 23.3. The number of amides is 1. The molecule has 3 aromatic carbocycles. The Balaban J connectivity index is 1.33. The smallest absolute Gasteiger partial charge is 0.337 e. The van der Waals surface area contributed by atoms with Gasteiger partial charge in [-0.3, -0.25) is 14.9 Å². The van der Waals surface area contributed by atoms with Crippen LogP contribution in [-0.2, 0) is 17.8 Å². The topological polar surface area (TPSA) is 141 Å². The fourth-order valence-electron chi connectivity index (χ4n) is 3.36. The van der Waals surface area contributed by atoms with E-state index in [0.717, 1.165) is 23.8 Å². The van der Waals surface area contributed by atoms with Crippen LogP contribution in [0.3, 0.4) is 0 Å². The van der Waals surface area contributed by atoms with Crippen molar-refractivity contribution < 1.29 is 29.1 Å². The maximum Gasteiger partial charge on any atom is 0.337 e. The maximum absolute atomic E-state index is 12.4. The lowest BCUT2D eigenvalue weighted by molar-refractivity contribution is -0.384. The van der Waals surface area contributed by atoms with Gasteiger partial charge in [0.1, 0.15) is 18.1 Å². The van der Waals surface area contributed by atoms with Crippen LogP contribution >= 0.6 is 0 Å². The summed E-state index contributed by atoms with van der Waals surface area (Å²) >= 11 is 0. The monoisotopic (exact) mass is 499 g/mol. The first-order chi connectivity index (χ1) is 17.9. The number of hydrogen-bond acceptors (Lipinski definition) is 7. The molecule has 1 amide bonds. The number of carbonyl (C=O) groups is 2. The first-order valence-electron chi connectivity index (χ1n) is 11.1. The summed E-state index contributed by atoms with van der Waals surface area (Å²) in [5.41, 5.74) is 0.859. The lowest BCUT2D eigenvalue weighted by Crippen LogP contribution is -2.17. The Morgan fingerprint density at radius 3 is 2.30 bits per heavy atom. The Kier molecular flexibility index (Phi) is 7.69. The predicted octanol–water partition coefficient (Wildman–Crippen LogP) is 5.24. The second kappa shape index (κ2) is 11.5. The SMILES string of the molecule is O=C(Cc1ccc(Oc2ccc(OCc3ccccc3)cc2)nc1)Nc1cc([N+](=O)[O-])ccc1C(=O)O. The molecule has 0 spiro atoms. The number of anilines is 1. The predicted molar refractivity (Wildman–Crippen MR) is 134 cm³/mol. The van der Waals surface area contributed by atoms with Crippen molar-refractivity contribution in [2.24, 2.45) is 0 Å². The van der Waals surface area contributed by atoms with E-state index in [4.69, 9.17) is 9.47 Å². The van der Waals surface area contributed by atoms with Crippen molar-refractivity contribution in [1.82, 2.24) is 4.98 Å². The van der Waals surface area contributed by atoms with E-state index < -0.39 is 16.8 Å². The Bertz CT molecular complexity index is 1410. The number of aromatic carboxylic acids is 1. The molecule has 0 radical (unpaired) electrons. The summed E-state index contributed by atoms with van der Waals surface area (Å²) in [5.74, 6) is -0.306. The number of nitro benzene ring substituents is 1. The summed E-state index contributed by atoms with van der Waals surface area (Å²) in [4.78, 5) is 38.4. The third-order valence-corrected chi connectivity index (χ3v) is 5.18. The molecule has 37 heavy (non-hydrogen) atoms. The van der Waals surface area contributed by atoms with Gasteiger partial charge in [-0.1, -0.05) is 36.4 Å². The number of nitro groups is 1. The Morgan fingerprint density at radius 1 is 0.919 bits per heavy atom. The van der Waals surface area contributed by atoms with Gasteiger partial charge in [0.05, 0.1) is 22.6 Å². The number of carboxylic acid groups (broad SMARTS) is 1. The second-order valence-corrected chi connectivity index (χ2v) is 7.87. The number of rotatable bonds is 10. The number of benzene rings is 3. The number of hydrogen-bond donors (Lipinski definition) is 2. The first-order valence-corrected chi connectivity index (χ1v) is 11.1. The van der Waals surface area contributed by atoms with Crippen molar-refractivity contribution in [2.75, 3.05) is 5.32 Å². The number of aromatic nitrogens is 1. The van der Waals surface area contributed by atoms with E-state index in [9.17, 15) is 24.8 Å². The Labute approximate surface area is 211 Å². The zero-order valence-corrected chi connectivity index (χ0v) is 19.4. The molecule has 0 aliphatic rings. The van der Waals surface area contributed by atoms with Gasteiger partial charge in [-0.25, -0.2) is 9.78 Å². The third kappa shape index (κ3) is 6.89. The number of carboxylic acids is 1. The molecule has 186 valence electrons. The van der Waals surface area contributed by atoms with Gasteiger partial charge in [0.2, 0.25) is 11.8 Å². The summed E-state index contributed by atoms with van der Waals surface area (Å²) in [5, 5.41) is 22.7. The molecule has 0 fully saturated rings. The second-order valence-electron chi connectivity index (χ2n) is 7.87. The quantitative estimate of drug-likeness (QED) is 0.223. The van der Waals surface area contributed by atoms with Crippen LogP contribution < -0.4 is 14.8 Å². The van der Waals surface area contributed by atoms with E-state index in [1.54, 1.807) is 36.4 Å². The molecule has 1 heterocycles. The molecule has 0 aliphatic carbocycles. The lowest BCUT2D eigenvalue weighted by Gasteiger charge is -2.10. The van der Waals surface area contributed by atoms with Gasteiger partial charge in [0.25, 0.3) is 5.69 Å². The van der Waals surface area contributed by atoms with Crippen LogP contribution in [0.2, 0.25) is 0 Å². The average molecular weight is 499 g/mol. The summed E-state index contributed by atoms with van der Waals surface area (Å²) in [6.07, 6.45) is 1.33. The van der Waals surface area contributed by atoms with Crippen LogP contribution in [0.5, 0.6) is 17.4 Å². The van der Waals surface area contributed by atoms with E-state index in [-0.39, 0.29) is 23.4 Å². The molecule has 4 rings (SSSR count). The standard InChI is InChI=1S/C27H21N3O7/c31-25(29-24-15-20(30(34)35)7-12-23(24)27(32)33)14-19-6-13-26(28-16-19)37-22-10-8-21(9-11-22)36-17-18-4-2-1-3-5-18/h1-13,15-16H,14,17H2,(H,29,31)(H,32,33). The molecule has 1 aromatic heterocycles. The molecule has 0 aliphatic heterocycles. The number of nitrogens with one attached hydrogen (secondary N) is 1. The average Bonchev–Trinajstić information content (AvgIpc) is 2.90. The van der Waals surface area contributed by atoms with Crippen LogP contribution in [0.15, 0.2) is 91.1 Å². The lowest BCUT2D eigenvalue weighted by atomic mass is 10.1. The van der Waals surface area contributed by atoms with E-state index in [1.807, 2.05) is 30.3 Å². The van der Waals surface area contributed by atoms with Crippen molar-refractivity contribution in [3.8, 4) is 17.4 Å². The largest absolute Gasteiger partial charge is 0.489 e. The number of pyridine rings is 1. The van der Waals surface area contributed by atoms with Crippen molar-refractivity contribution in [3.05, 3.63) is 118 Å². The highest BCUT2D eigenvalue weighted by Gasteiger charge is 2.17. The highest BCUT2D eigenvalue weighted by molar-refractivity contribution is 6.01. The highest BCUT2D eigenvalue weighted by atomic mass is 16.6. The number of carbonyl (C=O) groups excluding carboxylic acids is 1. The molecule has 0 saturated carbocycles. The molecule has 10 nitrogen and oxygen atoms in total. The molecule has 0 unspecified atom stereocenters. The molecule has 10 heteroatoms. The Hall–Kier alpha value is -5.25. The summed E-state index contributed by atoms with van der Waals surface area (Å²) in [6.45, 7) is 0.455. The van der Waals surface area contributed by atoms with Crippen molar-refractivity contribution >= 4 is 23.3 Å². The van der Waals surface area contributed by atoms with Gasteiger partial charge >= 0.3 is 5.97 Å². The van der Waals surface area contributed by atoms with Crippen LogP contribution in [0.4, 0.5) is 11.4 Å². The Morgan fingerprint density at radius 2 is 1.65 bits per heavy atom. The fourth-order valence-corrected chi connectivity index (χ4v) is 3.36. The molecule has 2 N–H and O–H groups in total. The van der Waals surface area contributed by atoms with E-state index >= 15 is 0 Å². The molecule has 0 saturated heterocycles. The van der Waals surface area contributed by atoms with Crippen molar-refractivity contribution in [3.63, 3.8) is 0 Å². The molecule has 0 atom stereocenters. The van der Waals surface area contributed by atoms with Crippen LogP contribution in [0.25, 0.3) is 0 Å². The minimum absolute atomic E-state index is 0.123. The van der Waals surface area contributed by atoms with Gasteiger partial charge in [0.15, 0.2) is 0 Å². The highest BCUT2D eigenvalue weighted by Crippen LogP contribution is 2.25. The number of non-ortho nitro benzene ring substituents is 1. The fraction of sp³-hybridized carbons (Fsp3) is 0.0741. The summed E-state index contributed by atoms with van der Waals surface area (Å²) < 4.78 is 11.5. The van der Waals surface area contributed by atoms with Crippen molar-refractivity contribution in [1.29, 1.82) is 0 Å². The summed E-state index contributed by atoms with van der Waals surface area (Å²) in [7, 11) is 0. The normalized spacial score (nSPS) is 10.4. The van der Waals surface area contributed by atoms with Gasteiger partial charge in [-0.05, 0) is 41.5 Å². The minimum Gasteiger partial charge on any atom is -0.489 e. The number of nitrogens with zero attached hydrogens (tertiary/aromatic N) is 2. The van der Waals surface area contributed by atoms with Gasteiger partial charge < -0.3 is 19.9 Å². The molecule has 0 bridgehead atoms. The van der Waals surface area contributed by atoms with E-state index in [0.29, 0.717) is 29.5 Å². The van der Waals surface area contributed by atoms with Crippen LogP contribution in [0, 0.1) is 10.1 Å². The zero-order chi connectivity index (χ0) is 26.2. The van der Waals surface area contributed by atoms with E-state index in [2.05, 4.69) is 10.3 Å². The number of ether oxygens (including phenoxy) is 2. The molecular formula is C27H21N3O7. The third-order valence-electron chi connectivity index (χ3n) is 5.18. The van der Waals surface area contributed by atoms with Gasteiger partial charge in [0, 0.05) is 24.4 Å². The van der Waals surface area contributed by atoms with Gasteiger partial charge in [-0.2, -0.15) is 0 Å². The minimum atomic E-state index is -1.32. The molecule has 4 aromatic rings. The maximum atomic E-state index is 12.4. The van der Waals surface area contributed by atoms with Crippen LogP contribution in [-0.4, -0.2) is 26.9 Å². The van der Waals surface area contributed by atoms with Crippen LogP contribution in [0.1, 0.15) is 21.5 Å².